The lowest BCUT2D eigenvalue weighted by atomic mass is 9.90. The van der Waals surface area contributed by atoms with Gasteiger partial charge in [0.15, 0.2) is 0 Å². The number of rotatable bonds is 3. The van der Waals surface area contributed by atoms with E-state index in [1.807, 2.05) is 18.0 Å². The lowest BCUT2D eigenvalue weighted by Gasteiger charge is -2.33. The van der Waals surface area contributed by atoms with Gasteiger partial charge in [-0.15, -0.1) is 0 Å². The Kier molecular flexibility index (Phi) is 4.59. The zero-order valence-corrected chi connectivity index (χ0v) is 13.4. The Balaban J connectivity index is 1.56. The van der Waals surface area contributed by atoms with Gasteiger partial charge in [0.25, 0.3) is 0 Å². The second kappa shape index (κ2) is 6.64. The van der Waals surface area contributed by atoms with Crippen LogP contribution >= 0.6 is 0 Å². The Hall–Kier alpha value is -1.98. The molecule has 6 nitrogen and oxygen atoms in total. The van der Waals surface area contributed by atoms with Gasteiger partial charge < -0.3 is 10.0 Å². The third-order valence-corrected chi connectivity index (χ3v) is 5.26. The molecule has 2 aliphatic rings. The van der Waals surface area contributed by atoms with Crippen LogP contribution in [0.3, 0.4) is 0 Å². The van der Waals surface area contributed by atoms with E-state index in [-0.39, 0.29) is 17.7 Å². The van der Waals surface area contributed by atoms with E-state index in [1.54, 1.807) is 6.33 Å². The topological polar surface area (TPSA) is 83.4 Å². The summed E-state index contributed by atoms with van der Waals surface area (Å²) in [5.74, 6) is -0.680. The highest BCUT2D eigenvalue weighted by molar-refractivity contribution is 5.81. The first-order valence-corrected chi connectivity index (χ1v) is 8.34. The molecule has 2 atom stereocenters. The van der Waals surface area contributed by atoms with Gasteiger partial charge in [-0.05, 0) is 44.6 Å². The fraction of sp³-hybridized carbons (Fsp3) is 0.647. The first kappa shape index (κ1) is 15.9. The van der Waals surface area contributed by atoms with Crippen LogP contribution < -0.4 is 0 Å². The van der Waals surface area contributed by atoms with E-state index < -0.39 is 5.97 Å². The Morgan fingerprint density at radius 3 is 2.48 bits per heavy atom. The Morgan fingerprint density at radius 1 is 1.17 bits per heavy atom. The smallest absolute Gasteiger partial charge is 0.306 e. The summed E-state index contributed by atoms with van der Waals surface area (Å²) in [5, 5.41) is 9.07. The molecule has 0 unspecified atom stereocenters. The molecule has 2 heterocycles. The molecular weight excluding hydrogens is 294 g/mol. The summed E-state index contributed by atoms with van der Waals surface area (Å²) in [4.78, 5) is 34.0. The minimum atomic E-state index is -0.766. The van der Waals surface area contributed by atoms with Crippen molar-refractivity contribution in [3.63, 3.8) is 0 Å². The van der Waals surface area contributed by atoms with Gasteiger partial charge in [0, 0.05) is 36.8 Å². The Bertz CT molecular complexity index is 597. The molecule has 1 N–H and O–H groups in total. The van der Waals surface area contributed by atoms with E-state index >= 15 is 0 Å². The van der Waals surface area contributed by atoms with Gasteiger partial charge >= 0.3 is 5.97 Å². The molecule has 1 aliphatic heterocycles. The maximum absolute atomic E-state index is 12.6. The van der Waals surface area contributed by atoms with Crippen LogP contribution in [0.15, 0.2) is 12.5 Å². The molecule has 1 amide bonds. The summed E-state index contributed by atoms with van der Waals surface area (Å²) >= 11 is 0. The number of aliphatic carboxylic acids is 1. The number of hydrogen-bond donors (Lipinski definition) is 1. The van der Waals surface area contributed by atoms with Gasteiger partial charge in [0.2, 0.25) is 5.91 Å². The maximum atomic E-state index is 12.6. The molecule has 6 heteroatoms. The van der Waals surface area contributed by atoms with Crippen molar-refractivity contribution in [3.05, 3.63) is 23.8 Å². The van der Waals surface area contributed by atoms with E-state index in [1.165, 1.54) is 0 Å². The van der Waals surface area contributed by atoms with Gasteiger partial charge in [-0.25, -0.2) is 9.97 Å². The molecule has 2 fully saturated rings. The normalized spacial score (nSPS) is 25.5. The molecule has 3 rings (SSSR count). The van der Waals surface area contributed by atoms with Crippen molar-refractivity contribution >= 4 is 11.9 Å². The maximum Gasteiger partial charge on any atom is 0.306 e. The summed E-state index contributed by atoms with van der Waals surface area (Å²) in [6, 6.07) is 0. The third kappa shape index (κ3) is 3.35. The number of carboxylic acid groups (broad SMARTS) is 1. The third-order valence-electron chi connectivity index (χ3n) is 5.26. The van der Waals surface area contributed by atoms with E-state index in [4.69, 9.17) is 5.11 Å². The number of amides is 1. The molecular formula is C17H23N3O3. The van der Waals surface area contributed by atoms with Gasteiger partial charge in [-0.2, -0.15) is 0 Å². The van der Waals surface area contributed by atoms with Crippen LogP contribution in [0.1, 0.15) is 49.3 Å². The number of piperidine rings is 1. The van der Waals surface area contributed by atoms with Crippen LogP contribution in [0.5, 0.6) is 0 Å². The molecule has 1 aliphatic carbocycles. The number of carbonyl (C=O) groups excluding carboxylic acids is 1. The fourth-order valence-electron chi connectivity index (χ4n) is 3.90. The predicted molar refractivity (Wildman–Crippen MR) is 83.8 cm³/mol. The molecule has 1 saturated carbocycles. The van der Waals surface area contributed by atoms with Crippen molar-refractivity contribution in [2.45, 2.75) is 44.9 Å². The van der Waals surface area contributed by atoms with E-state index in [9.17, 15) is 9.59 Å². The van der Waals surface area contributed by atoms with E-state index in [0.29, 0.717) is 25.2 Å². The predicted octanol–water partition coefficient (Wildman–Crippen LogP) is 1.99. The van der Waals surface area contributed by atoms with Crippen LogP contribution in [-0.2, 0) is 9.59 Å². The highest BCUT2D eigenvalue weighted by Crippen LogP contribution is 2.34. The van der Waals surface area contributed by atoms with Gasteiger partial charge in [0.1, 0.15) is 6.33 Å². The first-order valence-electron chi connectivity index (χ1n) is 8.34. The number of aryl methyl sites for hydroxylation is 1. The largest absolute Gasteiger partial charge is 0.481 e. The average molecular weight is 317 g/mol. The summed E-state index contributed by atoms with van der Waals surface area (Å²) in [5.41, 5.74) is 2.20. The van der Waals surface area contributed by atoms with Crippen LogP contribution in [0.2, 0.25) is 0 Å². The van der Waals surface area contributed by atoms with Crippen molar-refractivity contribution in [1.29, 1.82) is 0 Å². The van der Waals surface area contributed by atoms with Crippen LogP contribution in [-0.4, -0.2) is 44.9 Å². The zero-order chi connectivity index (χ0) is 16.4. The minimum absolute atomic E-state index is 0.103. The fourth-order valence-corrected chi connectivity index (χ4v) is 3.90. The summed E-state index contributed by atoms with van der Waals surface area (Å²) in [7, 11) is 0. The quantitative estimate of drug-likeness (QED) is 0.922. The average Bonchev–Trinajstić information content (AvgIpc) is 3.05. The number of carbonyl (C=O) groups is 2. The number of nitrogens with zero attached hydrogens (tertiary/aromatic N) is 3. The molecule has 1 aromatic heterocycles. The van der Waals surface area contributed by atoms with Crippen molar-refractivity contribution < 1.29 is 14.7 Å². The Labute approximate surface area is 135 Å². The van der Waals surface area contributed by atoms with Gasteiger partial charge in [-0.3, -0.25) is 9.59 Å². The molecule has 0 aromatic carbocycles. The zero-order valence-electron chi connectivity index (χ0n) is 13.4. The molecule has 0 spiro atoms. The summed E-state index contributed by atoms with van der Waals surface area (Å²) in [6.07, 6.45) is 7.09. The van der Waals surface area contributed by atoms with E-state index in [0.717, 1.165) is 37.2 Å². The highest BCUT2D eigenvalue weighted by atomic mass is 16.4. The molecule has 0 radical (unpaired) electrons. The van der Waals surface area contributed by atoms with Crippen molar-refractivity contribution in [3.8, 4) is 0 Å². The van der Waals surface area contributed by atoms with Crippen LogP contribution in [0.25, 0.3) is 0 Å². The van der Waals surface area contributed by atoms with Gasteiger partial charge in [-0.1, -0.05) is 0 Å². The SMILES string of the molecule is Cc1cncnc1C1CCN(C(=O)[C@H]2CC[C@@H](C(=O)O)C2)CC1. The van der Waals surface area contributed by atoms with Gasteiger partial charge in [0.05, 0.1) is 5.92 Å². The monoisotopic (exact) mass is 317 g/mol. The van der Waals surface area contributed by atoms with Crippen molar-refractivity contribution in [1.82, 2.24) is 14.9 Å². The van der Waals surface area contributed by atoms with Crippen molar-refractivity contribution in [2.24, 2.45) is 11.8 Å². The number of carboxylic acids is 1. The molecule has 23 heavy (non-hydrogen) atoms. The number of hydrogen-bond acceptors (Lipinski definition) is 4. The molecule has 124 valence electrons. The van der Waals surface area contributed by atoms with Crippen molar-refractivity contribution in [2.75, 3.05) is 13.1 Å². The molecule has 0 bridgehead atoms. The second-order valence-corrected chi connectivity index (χ2v) is 6.74. The highest BCUT2D eigenvalue weighted by Gasteiger charge is 2.37. The number of likely N-dealkylation sites (tertiary alicyclic amines) is 1. The summed E-state index contributed by atoms with van der Waals surface area (Å²) < 4.78 is 0. The van der Waals surface area contributed by atoms with Crippen LogP contribution in [0.4, 0.5) is 0 Å². The first-order chi connectivity index (χ1) is 11.1. The lowest BCUT2D eigenvalue weighted by molar-refractivity contribution is -0.141. The summed E-state index contributed by atoms with van der Waals surface area (Å²) in [6.45, 7) is 3.50. The van der Waals surface area contributed by atoms with E-state index in [2.05, 4.69) is 9.97 Å². The van der Waals surface area contributed by atoms with Crippen LogP contribution in [0, 0.1) is 18.8 Å². The molecule has 1 saturated heterocycles. The second-order valence-electron chi connectivity index (χ2n) is 6.74. The molecule has 1 aromatic rings. The lowest BCUT2D eigenvalue weighted by Crippen LogP contribution is -2.41. The standard InChI is InChI=1S/C17H23N3O3/c1-11-9-18-10-19-15(11)12-4-6-20(7-5-12)16(21)13-2-3-14(8-13)17(22)23/h9-10,12-14H,2-8H2,1H3,(H,22,23)/t13-,14+/m0/s1. The number of aromatic nitrogens is 2. The minimum Gasteiger partial charge on any atom is -0.481 e. The Morgan fingerprint density at radius 2 is 1.87 bits per heavy atom.